The minimum absolute atomic E-state index is 0.343. The molecule has 0 spiro atoms. The van der Waals surface area contributed by atoms with Gasteiger partial charge in [-0.2, -0.15) is 10.1 Å². The SMILES string of the molecule is CS(=O)(=O)Nc1ccccc1Nc1nc(Nc2ccc3c(Cl)[nH]nc3c2)ncc1Br. The van der Waals surface area contributed by atoms with Crippen molar-refractivity contribution in [3.63, 3.8) is 0 Å². The van der Waals surface area contributed by atoms with Crippen LogP contribution in [0.25, 0.3) is 10.9 Å². The predicted molar refractivity (Wildman–Crippen MR) is 122 cm³/mol. The van der Waals surface area contributed by atoms with Crippen molar-refractivity contribution in [2.75, 3.05) is 21.6 Å². The molecule has 12 heteroatoms. The third-order valence-corrected chi connectivity index (χ3v) is 5.44. The van der Waals surface area contributed by atoms with E-state index in [0.29, 0.717) is 38.3 Å². The van der Waals surface area contributed by atoms with Gasteiger partial charge in [-0.25, -0.2) is 13.4 Å². The first-order chi connectivity index (χ1) is 14.3. The molecule has 154 valence electrons. The van der Waals surface area contributed by atoms with Gasteiger partial charge in [0, 0.05) is 17.3 Å². The number of nitrogens with zero attached hydrogens (tertiary/aromatic N) is 3. The van der Waals surface area contributed by atoms with Crippen molar-refractivity contribution in [3.8, 4) is 0 Å². The highest BCUT2D eigenvalue weighted by atomic mass is 79.9. The van der Waals surface area contributed by atoms with Gasteiger partial charge in [-0.15, -0.1) is 0 Å². The van der Waals surface area contributed by atoms with Gasteiger partial charge in [-0.05, 0) is 46.3 Å². The summed E-state index contributed by atoms with van der Waals surface area (Å²) in [6.07, 6.45) is 2.68. The van der Waals surface area contributed by atoms with Gasteiger partial charge < -0.3 is 10.6 Å². The predicted octanol–water partition coefficient (Wildman–Crippen LogP) is 4.63. The Labute approximate surface area is 185 Å². The topological polar surface area (TPSA) is 125 Å². The Bertz CT molecular complexity index is 1340. The Morgan fingerprint density at radius 1 is 1.10 bits per heavy atom. The molecular formula is C18H15BrClN7O2S. The molecule has 4 aromatic rings. The molecule has 0 saturated carbocycles. The number of para-hydroxylation sites is 2. The van der Waals surface area contributed by atoms with E-state index in [2.05, 4.69) is 51.5 Å². The summed E-state index contributed by atoms with van der Waals surface area (Å²) in [6.45, 7) is 0. The zero-order chi connectivity index (χ0) is 21.3. The molecule has 0 saturated heterocycles. The Hall–Kier alpha value is -2.89. The van der Waals surface area contributed by atoms with E-state index in [1.54, 1.807) is 30.5 Å². The molecule has 0 aliphatic rings. The number of hydrogen-bond donors (Lipinski definition) is 4. The summed E-state index contributed by atoms with van der Waals surface area (Å²) in [5.41, 5.74) is 2.39. The van der Waals surface area contributed by atoms with Crippen molar-refractivity contribution in [2.45, 2.75) is 0 Å². The molecule has 0 amide bonds. The minimum atomic E-state index is -3.43. The molecular weight excluding hydrogens is 494 g/mol. The van der Waals surface area contributed by atoms with Crippen LogP contribution >= 0.6 is 27.5 Å². The number of H-pyrrole nitrogens is 1. The smallest absolute Gasteiger partial charge is 0.229 e. The lowest BCUT2D eigenvalue weighted by Gasteiger charge is -2.14. The molecule has 0 bridgehead atoms. The van der Waals surface area contributed by atoms with Gasteiger partial charge in [0.25, 0.3) is 0 Å². The summed E-state index contributed by atoms with van der Waals surface area (Å²) >= 11 is 9.45. The van der Waals surface area contributed by atoms with Crippen molar-refractivity contribution < 1.29 is 8.42 Å². The number of nitrogens with one attached hydrogen (secondary N) is 4. The lowest BCUT2D eigenvalue weighted by atomic mass is 10.2. The fourth-order valence-corrected chi connectivity index (χ4v) is 3.78. The van der Waals surface area contributed by atoms with E-state index in [1.807, 2.05) is 18.2 Å². The van der Waals surface area contributed by atoms with Crippen molar-refractivity contribution in [2.24, 2.45) is 0 Å². The van der Waals surface area contributed by atoms with Crippen LogP contribution in [0.1, 0.15) is 0 Å². The van der Waals surface area contributed by atoms with Gasteiger partial charge in [-0.3, -0.25) is 9.82 Å². The Morgan fingerprint density at radius 2 is 1.87 bits per heavy atom. The highest BCUT2D eigenvalue weighted by molar-refractivity contribution is 9.10. The first-order valence-corrected chi connectivity index (χ1v) is 11.6. The van der Waals surface area contributed by atoms with Crippen LogP contribution in [0.4, 0.5) is 28.8 Å². The molecule has 2 aromatic carbocycles. The molecule has 2 aromatic heterocycles. The molecule has 0 radical (unpaired) electrons. The van der Waals surface area contributed by atoms with Crippen molar-refractivity contribution >= 4 is 77.3 Å². The van der Waals surface area contributed by atoms with Gasteiger partial charge in [0.05, 0.1) is 27.6 Å². The quantitative estimate of drug-likeness (QED) is 0.299. The average Bonchev–Trinajstić information content (AvgIpc) is 3.05. The van der Waals surface area contributed by atoms with Crippen LogP contribution in [0, 0.1) is 0 Å². The van der Waals surface area contributed by atoms with Crippen molar-refractivity contribution in [1.82, 2.24) is 20.2 Å². The number of rotatable bonds is 6. The number of halogens is 2. The van der Waals surface area contributed by atoms with E-state index in [4.69, 9.17) is 11.6 Å². The fourth-order valence-electron chi connectivity index (χ4n) is 2.71. The first kappa shape index (κ1) is 20.4. The summed E-state index contributed by atoms with van der Waals surface area (Å²) in [7, 11) is -3.43. The van der Waals surface area contributed by atoms with Crippen molar-refractivity contribution in [1.29, 1.82) is 0 Å². The standard InChI is InChI=1S/C18H15BrClN7O2S/c1-30(28,29)27-14-5-3-2-4-13(14)23-17-12(19)9-21-18(24-17)22-10-6-7-11-15(8-10)25-26-16(11)20/h2-9,27H,1H3,(H,25,26)(H2,21,22,23,24). The third-order valence-electron chi connectivity index (χ3n) is 3.98. The lowest BCUT2D eigenvalue weighted by Crippen LogP contribution is -2.11. The highest BCUT2D eigenvalue weighted by Crippen LogP contribution is 2.30. The second kappa shape index (κ2) is 8.09. The Morgan fingerprint density at radius 3 is 2.63 bits per heavy atom. The summed E-state index contributed by atoms with van der Waals surface area (Å²) in [5, 5.41) is 14.4. The number of sulfonamides is 1. The number of fused-ring (bicyclic) bond motifs is 1. The maximum atomic E-state index is 11.6. The average molecular weight is 509 g/mol. The second-order valence-electron chi connectivity index (χ2n) is 6.33. The normalized spacial score (nSPS) is 11.4. The maximum absolute atomic E-state index is 11.6. The molecule has 2 heterocycles. The summed E-state index contributed by atoms with van der Waals surface area (Å²) in [6, 6.07) is 12.4. The molecule has 0 fully saturated rings. The summed E-state index contributed by atoms with van der Waals surface area (Å²) in [4.78, 5) is 8.74. The van der Waals surface area contributed by atoms with E-state index >= 15 is 0 Å². The van der Waals surface area contributed by atoms with Gasteiger partial charge in [0.15, 0.2) is 0 Å². The number of aromatic nitrogens is 4. The zero-order valence-electron chi connectivity index (χ0n) is 15.4. The molecule has 0 aliphatic heterocycles. The van der Waals surface area contributed by atoms with E-state index in [1.165, 1.54) is 0 Å². The van der Waals surface area contributed by atoms with Crippen LogP contribution in [0.5, 0.6) is 0 Å². The second-order valence-corrected chi connectivity index (χ2v) is 9.31. The zero-order valence-corrected chi connectivity index (χ0v) is 18.6. The van der Waals surface area contributed by atoms with E-state index in [-0.39, 0.29) is 0 Å². The Balaban J connectivity index is 1.61. The first-order valence-electron chi connectivity index (χ1n) is 8.55. The van der Waals surface area contributed by atoms with E-state index in [0.717, 1.165) is 17.3 Å². The van der Waals surface area contributed by atoms with Gasteiger partial charge in [0.1, 0.15) is 11.0 Å². The molecule has 9 nitrogen and oxygen atoms in total. The molecule has 4 rings (SSSR count). The molecule has 30 heavy (non-hydrogen) atoms. The van der Waals surface area contributed by atoms with Crippen LogP contribution < -0.4 is 15.4 Å². The van der Waals surface area contributed by atoms with Crippen LogP contribution in [0.3, 0.4) is 0 Å². The number of anilines is 5. The van der Waals surface area contributed by atoms with Crippen molar-refractivity contribution in [3.05, 3.63) is 58.3 Å². The molecule has 0 unspecified atom stereocenters. The number of hydrogen-bond acceptors (Lipinski definition) is 7. The van der Waals surface area contributed by atoms with E-state index in [9.17, 15) is 8.42 Å². The van der Waals surface area contributed by atoms with Crippen LogP contribution in [-0.2, 0) is 10.0 Å². The highest BCUT2D eigenvalue weighted by Gasteiger charge is 2.11. The lowest BCUT2D eigenvalue weighted by molar-refractivity contribution is 0.607. The number of benzene rings is 2. The third kappa shape index (κ3) is 4.64. The molecule has 0 atom stereocenters. The van der Waals surface area contributed by atoms with Gasteiger partial charge in [0.2, 0.25) is 16.0 Å². The summed E-state index contributed by atoms with van der Waals surface area (Å²) < 4.78 is 26.3. The van der Waals surface area contributed by atoms with Gasteiger partial charge >= 0.3 is 0 Å². The minimum Gasteiger partial charge on any atom is -0.337 e. The maximum Gasteiger partial charge on any atom is 0.229 e. The van der Waals surface area contributed by atoms with Crippen LogP contribution in [0.2, 0.25) is 5.15 Å². The van der Waals surface area contributed by atoms with E-state index < -0.39 is 10.0 Å². The Kier molecular flexibility index (Phi) is 5.50. The monoisotopic (exact) mass is 507 g/mol. The van der Waals surface area contributed by atoms with Crippen LogP contribution in [-0.4, -0.2) is 34.8 Å². The largest absolute Gasteiger partial charge is 0.337 e. The molecule has 0 aliphatic carbocycles. The van der Waals surface area contributed by atoms with Gasteiger partial charge in [-0.1, -0.05) is 23.7 Å². The summed E-state index contributed by atoms with van der Waals surface area (Å²) in [5.74, 6) is 0.800. The fraction of sp³-hybridized carbons (Fsp3) is 0.0556. The number of aromatic amines is 1. The van der Waals surface area contributed by atoms with Crippen LogP contribution in [0.15, 0.2) is 53.1 Å². The molecule has 4 N–H and O–H groups in total.